The van der Waals surface area contributed by atoms with Crippen molar-refractivity contribution in [2.45, 2.75) is 11.3 Å². The zero-order valence-electron chi connectivity index (χ0n) is 9.62. The summed E-state index contributed by atoms with van der Waals surface area (Å²) in [6, 6.07) is 0. The molecule has 0 aliphatic carbocycles. The van der Waals surface area contributed by atoms with Crippen molar-refractivity contribution in [2.75, 3.05) is 44.3 Å². The number of hydrogen-bond donors (Lipinski definition) is 3. The van der Waals surface area contributed by atoms with Crippen LogP contribution in [0, 0.1) is 0 Å². The fraction of sp³-hybridized carbons (Fsp3) is 0.778. The van der Waals surface area contributed by atoms with Crippen molar-refractivity contribution in [3.05, 3.63) is 6.33 Å². The van der Waals surface area contributed by atoms with Crippen LogP contribution in [0.2, 0.25) is 0 Å². The molecule has 1 saturated heterocycles. The second-order valence-corrected chi connectivity index (χ2v) is 5.02. The third-order valence-electron chi connectivity index (χ3n) is 2.62. The van der Waals surface area contributed by atoms with Crippen LogP contribution in [0.1, 0.15) is 0 Å². The van der Waals surface area contributed by atoms with Crippen LogP contribution < -0.4 is 11.2 Å². The van der Waals surface area contributed by atoms with Crippen molar-refractivity contribution in [3.63, 3.8) is 0 Å². The molecule has 0 saturated carbocycles. The van der Waals surface area contributed by atoms with E-state index in [0.717, 1.165) is 26.2 Å². The fourth-order valence-corrected chi connectivity index (χ4v) is 2.50. The maximum absolute atomic E-state index is 9.91. The molecule has 0 bridgehead atoms. The van der Waals surface area contributed by atoms with Crippen molar-refractivity contribution in [3.8, 4) is 0 Å². The van der Waals surface area contributed by atoms with Crippen molar-refractivity contribution in [1.82, 2.24) is 25.1 Å². The fourth-order valence-electron chi connectivity index (χ4n) is 1.75. The summed E-state index contributed by atoms with van der Waals surface area (Å²) in [4.78, 5) is 2.26. The number of β-amino-alcohol motifs (C(OH)–C–C–N with tert-alkyl or cyclic N) is 1. The number of piperazine rings is 1. The lowest BCUT2D eigenvalue weighted by Crippen LogP contribution is -2.46. The van der Waals surface area contributed by atoms with Crippen molar-refractivity contribution in [1.29, 1.82) is 0 Å². The number of nitrogens with one attached hydrogen (secondary N) is 1. The highest BCUT2D eigenvalue weighted by Crippen LogP contribution is 2.14. The molecule has 1 aromatic rings. The molecule has 1 atom stereocenters. The van der Waals surface area contributed by atoms with Crippen LogP contribution in [0.3, 0.4) is 0 Å². The highest BCUT2D eigenvalue weighted by Gasteiger charge is 2.15. The zero-order valence-corrected chi connectivity index (χ0v) is 10.4. The lowest BCUT2D eigenvalue weighted by molar-refractivity contribution is 0.121. The Kier molecular flexibility index (Phi) is 4.60. The Balaban J connectivity index is 1.70. The van der Waals surface area contributed by atoms with Crippen LogP contribution in [0.5, 0.6) is 0 Å². The van der Waals surface area contributed by atoms with E-state index in [1.807, 2.05) is 0 Å². The second-order valence-electron chi connectivity index (χ2n) is 4.04. The molecule has 0 spiro atoms. The van der Waals surface area contributed by atoms with Gasteiger partial charge >= 0.3 is 0 Å². The van der Waals surface area contributed by atoms with Crippen LogP contribution >= 0.6 is 11.8 Å². The molecule has 17 heavy (non-hydrogen) atoms. The van der Waals surface area contributed by atoms with Crippen LogP contribution in [-0.2, 0) is 0 Å². The van der Waals surface area contributed by atoms with Crippen LogP contribution in [0.15, 0.2) is 11.5 Å². The highest BCUT2D eigenvalue weighted by atomic mass is 32.2. The van der Waals surface area contributed by atoms with Crippen molar-refractivity contribution in [2.24, 2.45) is 0 Å². The smallest absolute Gasteiger partial charge is 0.209 e. The normalized spacial score (nSPS) is 19.4. The molecule has 2 heterocycles. The molecule has 1 fully saturated rings. The second kappa shape index (κ2) is 6.20. The number of aliphatic hydroxyl groups is 1. The quantitative estimate of drug-likeness (QED) is 0.430. The molecule has 0 aromatic carbocycles. The molecular weight excluding hydrogens is 240 g/mol. The summed E-state index contributed by atoms with van der Waals surface area (Å²) in [5.41, 5.74) is 0. The number of hydrogen-bond acceptors (Lipinski definition) is 7. The van der Waals surface area contributed by atoms with Crippen LogP contribution in [-0.4, -0.2) is 69.5 Å². The Morgan fingerprint density at radius 2 is 2.29 bits per heavy atom. The van der Waals surface area contributed by atoms with Gasteiger partial charge in [-0.05, 0) is 0 Å². The van der Waals surface area contributed by atoms with E-state index >= 15 is 0 Å². The summed E-state index contributed by atoms with van der Waals surface area (Å²) in [5, 5.41) is 21.4. The summed E-state index contributed by atoms with van der Waals surface area (Å²) in [6.07, 6.45) is 1.08. The van der Waals surface area contributed by atoms with Gasteiger partial charge in [-0.2, -0.15) is 0 Å². The van der Waals surface area contributed by atoms with Gasteiger partial charge in [-0.1, -0.05) is 11.8 Å². The maximum Gasteiger partial charge on any atom is 0.209 e. The van der Waals surface area contributed by atoms with Crippen LogP contribution in [0.25, 0.3) is 0 Å². The van der Waals surface area contributed by atoms with E-state index in [2.05, 4.69) is 20.4 Å². The van der Waals surface area contributed by atoms with Gasteiger partial charge in [0.05, 0.1) is 6.10 Å². The molecule has 1 aliphatic heterocycles. The van der Waals surface area contributed by atoms with Gasteiger partial charge in [-0.15, -0.1) is 10.2 Å². The lowest BCUT2D eigenvalue weighted by Gasteiger charge is -2.28. The Morgan fingerprint density at radius 3 is 2.94 bits per heavy atom. The number of nitrogen functional groups attached to an aromatic ring is 1. The third-order valence-corrected chi connectivity index (χ3v) is 3.73. The van der Waals surface area contributed by atoms with Gasteiger partial charge in [0.25, 0.3) is 0 Å². The first-order chi connectivity index (χ1) is 8.25. The average molecular weight is 258 g/mol. The summed E-state index contributed by atoms with van der Waals surface area (Å²) >= 11 is 1.42. The van der Waals surface area contributed by atoms with Gasteiger partial charge < -0.3 is 16.3 Å². The van der Waals surface area contributed by atoms with E-state index < -0.39 is 0 Å². The number of nitrogens with two attached hydrogens (primary N) is 1. The van der Waals surface area contributed by atoms with Gasteiger partial charge in [0.2, 0.25) is 5.16 Å². The van der Waals surface area contributed by atoms with Crippen LogP contribution in [0.4, 0.5) is 0 Å². The molecular formula is C9H18N6OS. The third kappa shape index (κ3) is 3.84. The van der Waals surface area contributed by atoms with Gasteiger partial charge in [0.15, 0.2) is 0 Å². The maximum atomic E-state index is 9.91. The number of aromatic nitrogens is 3. The monoisotopic (exact) mass is 258 g/mol. The van der Waals surface area contributed by atoms with Gasteiger partial charge in [-0.25, -0.2) is 4.68 Å². The largest absolute Gasteiger partial charge is 0.391 e. The van der Waals surface area contributed by atoms with Gasteiger partial charge in [0.1, 0.15) is 6.33 Å². The molecule has 96 valence electrons. The Bertz CT molecular complexity index is 340. The predicted molar refractivity (Wildman–Crippen MR) is 66.2 cm³/mol. The molecule has 7 nitrogen and oxygen atoms in total. The number of aliphatic hydroxyl groups excluding tert-OH is 1. The molecule has 2 rings (SSSR count). The lowest BCUT2D eigenvalue weighted by atomic mass is 10.3. The Morgan fingerprint density at radius 1 is 1.53 bits per heavy atom. The van der Waals surface area contributed by atoms with E-state index in [-0.39, 0.29) is 6.10 Å². The standard InChI is InChI=1S/C9H18N6OS/c10-15-7-12-13-9(15)17-6-8(16)5-14-3-1-11-2-4-14/h7-8,11,16H,1-6,10H2. The molecule has 1 aliphatic rings. The molecule has 1 aromatic heterocycles. The SMILES string of the molecule is Nn1cnnc1SCC(O)CN1CCNCC1. The van der Waals surface area contributed by atoms with Gasteiger partial charge in [-0.3, -0.25) is 4.90 Å². The number of nitrogens with zero attached hydrogens (tertiary/aromatic N) is 4. The summed E-state index contributed by atoms with van der Waals surface area (Å²) in [5.74, 6) is 6.16. The number of thioether (sulfide) groups is 1. The predicted octanol–water partition coefficient (Wildman–Crippen LogP) is -1.65. The van der Waals surface area contributed by atoms with E-state index in [4.69, 9.17) is 5.84 Å². The van der Waals surface area contributed by atoms with Gasteiger partial charge in [0, 0.05) is 38.5 Å². The van der Waals surface area contributed by atoms with E-state index in [0.29, 0.717) is 17.5 Å². The topological polar surface area (TPSA) is 92.2 Å². The first-order valence-corrected chi connectivity index (χ1v) is 6.63. The molecule has 8 heteroatoms. The first kappa shape index (κ1) is 12.6. The van der Waals surface area contributed by atoms with Crippen molar-refractivity contribution >= 4 is 11.8 Å². The van der Waals surface area contributed by atoms with E-state index in [1.165, 1.54) is 22.8 Å². The van der Waals surface area contributed by atoms with E-state index in [9.17, 15) is 5.11 Å². The Labute approximate surface area is 104 Å². The average Bonchev–Trinajstić information content (AvgIpc) is 2.74. The molecule has 1 unspecified atom stereocenters. The first-order valence-electron chi connectivity index (χ1n) is 5.65. The summed E-state index contributed by atoms with van der Waals surface area (Å²) in [7, 11) is 0. The minimum Gasteiger partial charge on any atom is -0.391 e. The minimum atomic E-state index is -0.366. The van der Waals surface area contributed by atoms with E-state index in [1.54, 1.807) is 0 Å². The number of rotatable bonds is 5. The zero-order chi connectivity index (χ0) is 12.1. The molecule has 0 radical (unpaired) electrons. The minimum absolute atomic E-state index is 0.366. The highest BCUT2D eigenvalue weighted by molar-refractivity contribution is 7.99. The van der Waals surface area contributed by atoms with Crippen molar-refractivity contribution < 1.29 is 5.11 Å². The molecule has 4 N–H and O–H groups in total. The molecule has 0 amide bonds. The Hall–Kier alpha value is -0.830. The summed E-state index contributed by atoms with van der Waals surface area (Å²) < 4.78 is 1.36. The summed E-state index contributed by atoms with van der Waals surface area (Å²) in [6.45, 7) is 4.69.